The first-order chi connectivity index (χ1) is 11.6. The van der Waals surface area contributed by atoms with Crippen molar-refractivity contribution in [3.05, 3.63) is 46.0 Å². The summed E-state index contributed by atoms with van der Waals surface area (Å²) in [7, 11) is 0. The number of hydrogen-bond donors (Lipinski definition) is 2. The molecule has 1 aromatic rings. The lowest BCUT2D eigenvalue weighted by Gasteiger charge is -2.06. The maximum Gasteiger partial charge on any atom is 0.275 e. The number of aliphatic imine (C=N–C) groups is 2. The van der Waals surface area contributed by atoms with Gasteiger partial charge in [-0.3, -0.25) is 9.59 Å². The Balaban J connectivity index is 3.33. The first kappa shape index (κ1) is 20.0. The fourth-order valence-corrected chi connectivity index (χ4v) is 2.04. The number of carbonyl (C=O) groups excluding carboxylic acids is 2. The van der Waals surface area contributed by atoms with Crippen LogP contribution in [0.2, 0.25) is 0 Å². The lowest BCUT2D eigenvalue weighted by molar-refractivity contribution is -0.115. The van der Waals surface area contributed by atoms with Crippen LogP contribution in [-0.4, -0.2) is 23.5 Å². The molecule has 0 bridgehead atoms. The number of nitrogens with two attached hydrogens (primary N) is 2. The molecule has 0 spiro atoms. The van der Waals surface area contributed by atoms with Gasteiger partial charge >= 0.3 is 0 Å². The molecule has 6 nitrogen and oxygen atoms in total. The van der Waals surface area contributed by atoms with Crippen LogP contribution in [0.5, 0.6) is 0 Å². The van der Waals surface area contributed by atoms with E-state index in [0.717, 1.165) is 16.7 Å². The fraction of sp³-hybridized carbons (Fsp3) is 0.263. The van der Waals surface area contributed by atoms with Crippen LogP contribution in [0.15, 0.2) is 39.3 Å². The molecule has 0 aliphatic carbocycles. The van der Waals surface area contributed by atoms with Crippen LogP contribution < -0.4 is 11.5 Å². The molecular weight excluding hydrogens is 316 g/mol. The van der Waals surface area contributed by atoms with E-state index < -0.39 is 5.91 Å². The van der Waals surface area contributed by atoms with Gasteiger partial charge in [0, 0.05) is 16.9 Å². The average molecular weight is 340 g/mol. The number of guanidine groups is 1. The number of aryl methyl sites for hydroxylation is 1. The second-order valence-corrected chi connectivity index (χ2v) is 5.99. The SMILES string of the molecule is CC(=Cc1cc(C)ccc1C=C(C)C(=O)N=C(N)N)C(=O)N=C(C)C. The van der Waals surface area contributed by atoms with E-state index in [1.807, 2.05) is 25.1 Å². The zero-order chi connectivity index (χ0) is 19.1. The van der Waals surface area contributed by atoms with E-state index in [-0.39, 0.29) is 11.9 Å². The predicted octanol–water partition coefficient (Wildman–Crippen LogP) is 2.61. The van der Waals surface area contributed by atoms with Gasteiger partial charge in [0.1, 0.15) is 0 Å². The summed E-state index contributed by atoms with van der Waals surface area (Å²) < 4.78 is 0. The molecule has 4 N–H and O–H groups in total. The maximum atomic E-state index is 12.0. The lowest BCUT2D eigenvalue weighted by Crippen LogP contribution is -2.24. The van der Waals surface area contributed by atoms with Crippen molar-refractivity contribution in [1.82, 2.24) is 0 Å². The van der Waals surface area contributed by atoms with Gasteiger partial charge in [0.15, 0.2) is 5.96 Å². The molecule has 0 atom stereocenters. The minimum atomic E-state index is -0.505. The normalized spacial score (nSPS) is 11.7. The Morgan fingerprint density at radius 1 is 0.880 bits per heavy atom. The molecule has 0 aliphatic heterocycles. The highest BCUT2D eigenvalue weighted by Gasteiger charge is 2.08. The van der Waals surface area contributed by atoms with Crippen molar-refractivity contribution in [2.45, 2.75) is 34.6 Å². The highest BCUT2D eigenvalue weighted by Crippen LogP contribution is 2.19. The minimum absolute atomic E-state index is 0.281. The molecule has 132 valence electrons. The summed E-state index contributed by atoms with van der Waals surface area (Å²) in [5, 5.41) is 0. The van der Waals surface area contributed by atoms with Gasteiger partial charge < -0.3 is 11.5 Å². The van der Waals surface area contributed by atoms with Crippen molar-refractivity contribution in [2.75, 3.05) is 0 Å². The molecule has 0 radical (unpaired) electrons. The number of nitrogens with zero attached hydrogens (tertiary/aromatic N) is 2. The van der Waals surface area contributed by atoms with Gasteiger partial charge in [-0.25, -0.2) is 4.99 Å². The molecule has 1 rings (SSSR count). The molecule has 2 amide bonds. The third-order valence-electron chi connectivity index (χ3n) is 3.22. The van der Waals surface area contributed by atoms with Crippen LogP contribution in [0.4, 0.5) is 0 Å². The van der Waals surface area contributed by atoms with E-state index in [1.54, 1.807) is 39.8 Å². The van der Waals surface area contributed by atoms with E-state index in [2.05, 4.69) is 9.98 Å². The number of amides is 2. The fourth-order valence-electron chi connectivity index (χ4n) is 2.04. The Labute approximate surface area is 148 Å². The molecule has 0 saturated carbocycles. The first-order valence-electron chi connectivity index (χ1n) is 7.77. The van der Waals surface area contributed by atoms with Crippen molar-refractivity contribution in [3.8, 4) is 0 Å². The van der Waals surface area contributed by atoms with Crippen LogP contribution in [0.3, 0.4) is 0 Å². The molecule has 0 unspecified atom stereocenters. The van der Waals surface area contributed by atoms with Gasteiger partial charge in [-0.2, -0.15) is 4.99 Å². The Hall–Kier alpha value is -3.02. The highest BCUT2D eigenvalue weighted by molar-refractivity contribution is 6.05. The molecular formula is C19H24N4O2. The molecule has 0 aliphatic rings. The smallest absolute Gasteiger partial charge is 0.275 e. The Bertz CT molecular complexity index is 807. The zero-order valence-electron chi connectivity index (χ0n) is 15.3. The molecule has 0 aromatic heterocycles. The second-order valence-electron chi connectivity index (χ2n) is 5.99. The summed E-state index contributed by atoms with van der Waals surface area (Å²) in [6.45, 7) is 8.83. The standard InChI is InChI=1S/C19H24N4O2/c1-11(2)22-17(24)14(5)10-16-8-12(3)6-7-15(16)9-13(4)18(25)23-19(20)21/h6-10H,1-5H3,(H4,20,21,23,25). The summed E-state index contributed by atoms with van der Waals surface area (Å²) in [5.41, 5.74) is 14.7. The maximum absolute atomic E-state index is 12.0. The Morgan fingerprint density at radius 3 is 1.92 bits per heavy atom. The highest BCUT2D eigenvalue weighted by atomic mass is 16.1. The third-order valence-corrected chi connectivity index (χ3v) is 3.22. The van der Waals surface area contributed by atoms with Crippen LogP contribution in [0.1, 0.15) is 44.4 Å². The average Bonchev–Trinajstić information content (AvgIpc) is 2.48. The van der Waals surface area contributed by atoms with E-state index in [0.29, 0.717) is 16.9 Å². The number of rotatable bonds is 4. The van der Waals surface area contributed by atoms with Crippen LogP contribution in [0, 0.1) is 6.92 Å². The largest absolute Gasteiger partial charge is 0.370 e. The molecule has 1 aromatic carbocycles. The van der Waals surface area contributed by atoms with Crippen LogP contribution >= 0.6 is 0 Å². The summed E-state index contributed by atoms with van der Waals surface area (Å²) in [5.74, 6) is -1.07. The summed E-state index contributed by atoms with van der Waals surface area (Å²) in [6, 6.07) is 5.73. The number of carbonyl (C=O) groups is 2. The van der Waals surface area contributed by atoms with Gasteiger partial charge in [0.25, 0.3) is 11.8 Å². The summed E-state index contributed by atoms with van der Waals surface area (Å²) in [6.07, 6.45) is 3.44. The van der Waals surface area contributed by atoms with Gasteiger partial charge in [-0.1, -0.05) is 23.8 Å². The van der Waals surface area contributed by atoms with Crippen LogP contribution in [0.25, 0.3) is 12.2 Å². The third kappa shape index (κ3) is 6.55. The topological polar surface area (TPSA) is 111 Å². The Morgan fingerprint density at radius 2 is 1.40 bits per heavy atom. The van der Waals surface area contributed by atoms with E-state index in [9.17, 15) is 9.59 Å². The predicted molar refractivity (Wildman–Crippen MR) is 103 cm³/mol. The van der Waals surface area contributed by atoms with Crippen molar-refractivity contribution in [1.29, 1.82) is 0 Å². The van der Waals surface area contributed by atoms with Gasteiger partial charge in [0.05, 0.1) is 0 Å². The van der Waals surface area contributed by atoms with Gasteiger partial charge in [0.2, 0.25) is 0 Å². The van der Waals surface area contributed by atoms with Gasteiger partial charge in [-0.15, -0.1) is 0 Å². The van der Waals surface area contributed by atoms with E-state index in [4.69, 9.17) is 11.5 Å². The molecule has 6 heteroatoms. The first-order valence-corrected chi connectivity index (χ1v) is 7.77. The van der Waals surface area contributed by atoms with Crippen molar-refractivity contribution in [2.24, 2.45) is 21.5 Å². The molecule has 0 fully saturated rings. The Kier molecular flexibility index (Phi) is 6.99. The second kappa shape index (κ2) is 8.73. The quantitative estimate of drug-likeness (QED) is 0.498. The van der Waals surface area contributed by atoms with E-state index >= 15 is 0 Å². The zero-order valence-corrected chi connectivity index (χ0v) is 15.3. The van der Waals surface area contributed by atoms with Crippen LogP contribution in [-0.2, 0) is 9.59 Å². The molecule has 0 heterocycles. The summed E-state index contributed by atoms with van der Waals surface area (Å²) >= 11 is 0. The van der Waals surface area contributed by atoms with Gasteiger partial charge in [-0.05, 0) is 57.9 Å². The van der Waals surface area contributed by atoms with Crippen molar-refractivity contribution < 1.29 is 9.59 Å². The monoisotopic (exact) mass is 340 g/mol. The van der Waals surface area contributed by atoms with Crippen molar-refractivity contribution >= 4 is 35.6 Å². The number of hydrogen-bond acceptors (Lipinski definition) is 2. The minimum Gasteiger partial charge on any atom is -0.370 e. The van der Waals surface area contributed by atoms with E-state index in [1.165, 1.54) is 0 Å². The number of benzene rings is 1. The van der Waals surface area contributed by atoms with Crippen molar-refractivity contribution in [3.63, 3.8) is 0 Å². The lowest BCUT2D eigenvalue weighted by atomic mass is 10.00. The summed E-state index contributed by atoms with van der Waals surface area (Å²) in [4.78, 5) is 31.4. The molecule has 0 saturated heterocycles. The molecule has 25 heavy (non-hydrogen) atoms.